The van der Waals surface area contributed by atoms with E-state index in [1.54, 1.807) is 23.0 Å². The van der Waals surface area contributed by atoms with Gasteiger partial charge in [-0.2, -0.15) is 5.10 Å². The van der Waals surface area contributed by atoms with E-state index in [2.05, 4.69) is 25.4 Å². The Morgan fingerprint density at radius 3 is 2.71 bits per heavy atom. The molecule has 1 amide bonds. The van der Waals surface area contributed by atoms with Crippen LogP contribution in [-0.4, -0.2) is 50.3 Å². The highest BCUT2D eigenvalue weighted by Gasteiger charge is 2.36. The lowest BCUT2D eigenvalue weighted by Crippen LogP contribution is -2.48. The minimum atomic E-state index is -0.351. The molecule has 0 spiro atoms. The number of fused-ring (bicyclic) bond motifs is 4. The lowest BCUT2D eigenvalue weighted by Gasteiger charge is -2.43. The van der Waals surface area contributed by atoms with Gasteiger partial charge in [0, 0.05) is 50.2 Å². The number of nitrogens with one attached hydrogen (secondary N) is 1. The molecule has 0 unspecified atom stereocenters. The highest BCUT2D eigenvalue weighted by molar-refractivity contribution is 5.93. The molecule has 5 rings (SSSR count). The summed E-state index contributed by atoms with van der Waals surface area (Å²) in [5.41, 5.74) is 2.76. The van der Waals surface area contributed by atoms with Gasteiger partial charge in [-0.3, -0.25) is 19.4 Å². The Bertz CT molecular complexity index is 1210. The van der Waals surface area contributed by atoms with Crippen molar-refractivity contribution in [1.29, 1.82) is 0 Å². The molecule has 1 fully saturated rings. The van der Waals surface area contributed by atoms with Crippen molar-refractivity contribution in [1.82, 2.24) is 25.1 Å². The predicted molar refractivity (Wildman–Crippen MR) is 125 cm³/mol. The van der Waals surface area contributed by atoms with Gasteiger partial charge in [0.1, 0.15) is 5.56 Å². The summed E-state index contributed by atoms with van der Waals surface area (Å²) in [4.78, 5) is 40.5. The summed E-state index contributed by atoms with van der Waals surface area (Å²) < 4.78 is 1.80. The summed E-state index contributed by atoms with van der Waals surface area (Å²) in [5, 5.41) is 18.2. The van der Waals surface area contributed by atoms with Crippen molar-refractivity contribution in [3.8, 4) is 0 Å². The average Bonchev–Trinajstić information content (AvgIpc) is 2.85. The number of carbonyl (C=O) groups excluding carboxylic acids is 1. The van der Waals surface area contributed by atoms with Crippen molar-refractivity contribution in [2.24, 2.45) is 5.92 Å². The minimum absolute atomic E-state index is 0.189. The molecule has 176 valence electrons. The summed E-state index contributed by atoms with van der Waals surface area (Å²) in [6, 6.07) is 11.3. The molecule has 1 saturated heterocycles. The van der Waals surface area contributed by atoms with E-state index in [9.17, 15) is 9.59 Å². The zero-order valence-corrected chi connectivity index (χ0v) is 18.8. The molecule has 0 saturated carbocycles. The number of rotatable bonds is 4. The molecule has 10 nitrogen and oxygen atoms in total. The maximum absolute atomic E-state index is 13.1. The second-order valence-electron chi connectivity index (χ2n) is 8.47. The van der Waals surface area contributed by atoms with Crippen molar-refractivity contribution in [3.05, 3.63) is 81.7 Å². The van der Waals surface area contributed by atoms with Crippen LogP contribution in [0.15, 0.2) is 53.6 Å². The van der Waals surface area contributed by atoms with Gasteiger partial charge in [-0.25, -0.2) is 0 Å². The van der Waals surface area contributed by atoms with Gasteiger partial charge in [-0.05, 0) is 55.2 Å². The van der Waals surface area contributed by atoms with Crippen LogP contribution < -0.4 is 15.8 Å². The molecule has 5 heterocycles. The summed E-state index contributed by atoms with van der Waals surface area (Å²) in [6.45, 7) is 4.25. The van der Waals surface area contributed by atoms with E-state index >= 15 is 0 Å². The number of carboxylic acid groups (broad SMARTS) is 1. The number of anilines is 1. The average molecular weight is 463 g/mol. The molecule has 0 radical (unpaired) electrons. The SMILES string of the molecule is Cc1ccc(N2C[C@@H]3C[C@H](C2)c2ccc(C(=O)NCc4cccnc4)c(=O)n2C3)nn1.O=CO. The third-order valence-corrected chi connectivity index (χ3v) is 6.13. The molecule has 2 aliphatic heterocycles. The standard InChI is InChI=1S/C23H24N6O2.CH2O2/c1-15-4-7-21(27-26-15)28-12-17-9-18(14-28)20-6-5-19(23(31)29(20)13-17)22(30)25-11-16-3-2-8-24-10-16;2-1-3/h2-8,10,17-18H,9,11-14H2,1H3,(H,25,30);1H,(H,2,3)/t17-,18+;/m0./s1. The highest BCUT2D eigenvalue weighted by Crippen LogP contribution is 2.36. The van der Waals surface area contributed by atoms with Crippen LogP contribution in [0.4, 0.5) is 5.82 Å². The van der Waals surface area contributed by atoms with Gasteiger partial charge in [-0.15, -0.1) is 5.10 Å². The third-order valence-electron chi connectivity index (χ3n) is 6.13. The van der Waals surface area contributed by atoms with E-state index in [4.69, 9.17) is 9.90 Å². The Balaban J connectivity index is 0.000000868. The van der Waals surface area contributed by atoms with Gasteiger partial charge in [0.05, 0.1) is 5.69 Å². The van der Waals surface area contributed by atoms with Crippen molar-refractivity contribution < 1.29 is 14.7 Å². The molecule has 10 heteroatoms. The van der Waals surface area contributed by atoms with Gasteiger partial charge < -0.3 is 19.9 Å². The second-order valence-corrected chi connectivity index (χ2v) is 8.47. The first-order valence-corrected chi connectivity index (χ1v) is 11.0. The number of piperidine rings is 1. The smallest absolute Gasteiger partial charge is 0.290 e. The number of pyridine rings is 2. The summed E-state index contributed by atoms with van der Waals surface area (Å²) in [6.07, 6.45) is 4.43. The normalized spacial score (nSPS) is 18.2. The summed E-state index contributed by atoms with van der Waals surface area (Å²) in [5.74, 6) is 1.09. The third kappa shape index (κ3) is 4.95. The Kier molecular flexibility index (Phi) is 6.95. The van der Waals surface area contributed by atoms with E-state index in [1.165, 1.54) is 0 Å². The van der Waals surface area contributed by atoms with Gasteiger partial charge in [0.2, 0.25) is 0 Å². The van der Waals surface area contributed by atoms with Crippen LogP contribution in [-0.2, 0) is 17.9 Å². The first-order chi connectivity index (χ1) is 16.5. The van der Waals surface area contributed by atoms with Gasteiger partial charge in [0.25, 0.3) is 17.9 Å². The number of aryl methyl sites for hydroxylation is 1. The summed E-state index contributed by atoms with van der Waals surface area (Å²) >= 11 is 0. The Hall–Kier alpha value is -4.08. The van der Waals surface area contributed by atoms with Crippen LogP contribution in [0.25, 0.3) is 0 Å². The topological polar surface area (TPSA) is 130 Å². The van der Waals surface area contributed by atoms with Crippen LogP contribution in [0.1, 0.15) is 39.6 Å². The van der Waals surface area contributed by atoms with E-state index in [0.717, 1.165) is 42.3 Å². The van der Waals surface area contributed by atoms with Gasteiger partial charge >= 0.3 is 0 Å². The van der Waals surface area contributed by atoms with Crippen molar-refractivity contribution in [2.75, 3.05) is 18.0 Å². The Morgan fingerprint density at radius 2 is 2.00 bits per heavy atom. The molecule has 2 N–H and O–H groups in total. The van der Waals surface area contributed by atoms with E-state index < -0.39 is 0 Å². The van der Waals surface area contributed by atoms with Crippen LogP contribution in [0, 0.1) is 12.8 Å². The van der Waals surface area contributed by atoms with Crippen LogP contribution in [0.5, 0.6) is 0 Å². The first kappa shape index (κ1) is 23.1. The van der Waals surface area contributed by atoms with Crippen molar-refractivity contribution >= 4 is 18.2 Å². The fourth-order valence-electron chi connectivity index (χ4n) is 4.65. The van der Waals surface area contributed by atoms with E-state index in [0.29, 0.717) is 19.0 Å². The number of aromatic nitrogens is 4. The zero-order valence-electron chi connectivity index (χ0n) is 18.8. The largest absolute Gasteiger partial charge is 0.483 e. The Labute approximate surface area is 196 Å². The van der Waals surface area contributed by atoms with E-state index in [-0.39, 0.29) is 29.4 Å². The molecule has 2 bridgehead atoms. The minimum Gasteiger partial charge on any atom is -0.483 e. The van der Waals surface area contributed by atoms with Crippen LogP contribution >= 0.6 is 0 Å². The molecular formula is C24H26N6O4. The zero-order chi connectivity index (χ0) is 24.1. The number of amides is 1. The predicted octanol–water partition coefficient (Wildman–Crippen LogP) is 1.60. The molecule has 2 aliphatic rings. The summed E-state index contributed by atoms with van der Waals surface area (Å²) in [7, 11) is 0. The number of hydrogen-bond donors (Lipinski definition) is 2. The molecule has 2 atom stereocenters. The van der Waals surface area contributed by atoms with Crippen molar-refractivity contribution in [3.63, 3.8) is 0 Å². The monoisotopic (exact) mass is 462 g/mol. The number of nitrogens with zero attached hydrogens (tertiary/aromatic N) is 5. The molecular weight excluding hydrogens is 436 g/mol. The maximum atomic E-state index is 13.1. The quantitative estimate of drug-likeness (QED) is 0.559. The second kappa shape index (κ2) is 10.2. The fourth-order valence-corrected chi connectivity index (χ4v) is 4.65. The number of hydrogen-bond acceptors (Lipinski definition) is 7. The lowest BCUT2D eigenvalue weighted by atomic mass is 9.83. The molecule has 3 aromatic heterocycles. The maximum Gasteiger partial charge on any atom is 0.290 e. The molecule has 0 aliphatic carbocycles. The number of carbonyl (C=O) groups is 2. The van der Waals surface area contributed by atoms with Crippen LogP contribution in [0.3, 0.4) is 0 Å². The first-order valence-electron chi connectivity index (χ1n) is 11.0. The van der Waals surface area contributed by atoms with Crippen molar-refractivity contribution in [2.45, 2.75) is 32.4 Å². The van der Waals surface area contributed by atoms with Gasteiger partial charge in [0.15, 0.2) is 5.82 Å². The molecule has 34 heavy (non-hydrogen) atoms. The lowest BCUT2D eigenvalue weighted by molar-refractivity contribution is -0.122. The van der Waals surface area contributed by atoms with Crippen LogP contribution in [0.2, 0.25) is 0 Å². The molecule has 3 aromatic rings. The Morgan fingerprint density at radius 1 is 1.18 bits per heavy atom. The van der Waals surface area contributed by atoms with E-state index in [1.807, 2.05) is 37.3 Å². The van der Waals surface area contributed by atoms with Gasteiger partial charge in [-0.1, -0.05) is 6.07 Å². The highest BCUT2D eigenvalue weighted by atomic mass is 16.3. The molecule has 0 aromatic carbocycles. The fraction of sp³-hybridized carbons (Fsp3) is 0.333.